The van der Waals surface area contributed by atoms with E-state index in [2.05, 4.69) is 21.2 Å². The van der Waals surface area contributed by atoms with Gasteiger partial charge in [-0.15, -0.1) is 0 Å². The minimum Gasteiger partial charge on any atom is -0.320 e. The summed E-state index contributed by atoms with van der Waals surface area (Å²) in [6.07, 6.45) is 6.44. The minimum absolute atomic E-state index is 0.165. The highest BCUT2D eigenvalue weighted by atomic mass is 79.9. The molecule has 1 amide bonds. The quantitative estimate of drug-likeness (QED) is 0.666. The second-order valence-corrected chi connectivity index (χ2v) is 3.91. The first-order valence-corrected chi connectivity index (χ1v) is 5.48. The van der Waals surface area contributed by atoms with Crippen LogP contribution >= 0.6 is 15.9 Å². The molecule has 0 saturated carbocycles. The number of anilines is 1. The zero-order valence-corrected chi connectivity index (χ0v) is 10.3. The van der Waals surface area contributed by atoms with Crippen LogP contribution in [0, 0.1) is 5.82 Å². The summed E-state index contributed by atoms with van der Waals surface area (Å²) >= 11 is 3.14. The van der Waals surface area contributed by atoms with Crippen LogP contribution in [0.15, 0.2) is 47.0 Å². The van der Waals surface area contributed by atoms with Crippen molar-refractivity contribution in [2.24, 2.45) is 0 Å². The average molecular weight is 284 g/mol. The smallest absolute Gasteiger partial charge is 0.248 e. The summed E-state index contributed by atoms with van der Waals surface area (Å²) in [6, 6.07) is 4.46. The lowest BCUT2D eigenvalue weighted by molar-refractivity contribution is -0.111. The summed E-state index contributed by atoms with van der Waals surface area (Å²) in [5.41, 5.74) is 0.165. The Labute approximate surface area is 102 Å². The number of allylic oxidation sites excluding steroid dienone is 3. The molecule has 1 N–H and O–H groups in total. The molecule has 0 bridgehead atoms. The molecule has 0 fully saturated rings. The fourth-order valence-electron chi connectivity index (χ4n) is 1.02. The fraction of sp³-hybridized carbons (Fsp3) is 0.0833. The number of rotatable bonds is 3. The second-order valence-electron chi connectivity index (χ2n) is 3.00. The van der Waals surface area contributed by atoms with Gasteiger partial charge in [-0.3, -0.25) is 4.79 Å². The second kappa shape index (κ2) is 6.23. The van der Waals surface area contributed by atoms with Crippen molar-refractivity contribution in [2.45, 2.75) is 6.92 Å². The fourth-order valence-corrected chi connectivity index (χ4v) is 1.35. The summed E-state index contributed by atoms with van der Waals surface area (Å²) in [4.78, 5) is 11.3. The van der Waals surface area contributed by atoms with E-state index < -0.39 is 5.82 Å². The summed E-state index contributed by atoms with van der Waals surface area (Å²) in [7, 11) is 0. The maximum atomic E-state index is 13.3. The predicted molar refractivity (Wildman–Crippen MR) is 66.7 cm³/mol. The van der Waals surface area contributed by atoms with E-state index in [1.165, 1.54) is 18.2 Å². The SMILES string of the molecule is C/C=C/C=CC(=O)Nc1ccc(Br)cc1F. The van der Waals surface area contributed by atoms with Gasteiger partial charge in [0.05, 0.1) is 5.69 Å². The third-order valence-corrected chi connectivity index (χ3v) is 2.23. The van der Waals surface area contributed by atoms with Gasteiger partial charge in [0.1, 0.15) is 5.82 Å². The van der Waals surface area contributed by atoms with Crippen LogP contribution in [0.3, 0.4) is 0 Å². The topological polar surface area (TPSA) is 29.1 Å². The lowest BCUT2D eigenvalue weighted by atomic mass is 10.3. The van der Waals surface area contributed by atoms with Gasteiger partial charge in [0, 0.05) is 10.5 Å². The zero-order chi connectivity index (χ0) is 12.0. The van der Waals surface area contributed by atoms with Crippen molar-refractivity contribution < 1.29 is 9.18 Å². The standard InChI is InChI=1S/C12H11BrFNO/c1-2-3-4-5-12(16)15-11-7-6-9(13)8-10(11)14/h2-8H,1H3,(H,15,16)/b3-2+,5-4?. The molecule has 4 heteroatoms. The molecule has 1 rings (SSSR count). The number of halogens is 2. The molecule has 0 heterocycles. The van der Waals surface area contributed by atoms with Crippen LogP contribution in [0.25, 0.3) is 0 Å². The van der Waals surface area contributed by atoms with Crippen LogP contribution in [-0.4, -0.2) is 5.91 Å². The molecular formula is C12H11BrFNO. The van der Waals surface area contributed by atoms with Crippen LogP contribution in [0.4, 0.5) is 10.1 Å². The van der Waals surface area contributed by atoms with E-state index in [9.17, 15) is 9.18 Å². The van der Waals surface area contributed by atoms with Gasteiger partial charge in [-0.2, -0.15) is 0 Å². The third kappa shape index (κ3) is 3.98. The average Bonchev–Trinajstić information content (AvgIpc) is 2.23. The highest BCUT2D eigenvalue weighted by molar-refractivity contribution is 9.10. The molecule has 0 aliphatic heterocycles. The van der Waals surface area contributed by atoms with Crippen LogP contribution in [0.5, 0.6) is 0 Å². The van der Waals surface area contributed by atoms with E-state index in [1.807, 2.05) is 6.92 Å². The molecule has 0 saturated heterocycles. The molecule has 0 atom stereocenters. The van der Waals surface area contributed by atoms with Gasteiger partial charge in [-0.1, -0.05) is 34.2 Å². The molecule has 2 nitrogen and oxygen atoms in total. The normalized spacial score (nSPS) is 11.2. The largest absolute Gasteiger partial charge is 0.320 e. The Morgan fingerprint density at radius 2 is 2.19 bits per heavy atom. The van der Waals surface area contributed by atoms with Crippen LogP contribution in [0.2, 0.25) is 0 Å². The minimum atomic E-state index is -0.470. The highest BCUT2D eigenvalue weighted by Gasteiger charge is 2.04. The predicted octanol–water partition coefficient (Wildman–Crippen LogP) is 3.66. The molecule has 0 aliphatic carbocycles. The molecule has 84 valence electrons. The van der Waals surface area contributed by atoms with Gasteiger partial charge in [0.2, 0.25) is 5.91 Å². The van der Waals surface area contributed by atoms with Crippen LogP contribution < -0.4 is 5.32 Å². The van der Waals surface area contributed by atoms with Crippen molar-refractivity contribution in [3.63, 3.8) is 0 Å². The van der Waals surface area contributed by atoms with E-state index >= 15 is 0 Å². The third-order valence-electron chi connectivity index (χ3n) is 1.74. The van der Waals surface area contributed by atoms with E-state index in [4.69, 9.17) is 0 Å². The van der Waals surface area contributed by atoms with E-state index in [-0.39, 0.29) is 11.6 Å². The molecule has 0 aromatic heterocycles. The number of nitrogens with one attached hydrogen (secondary N) is 1. The Hall–Kier alpha value is -1.42. The first kappa shape index (κ1) is 12.6. The first-order valence-electron chi connectivity index (χ1n) is 4.69. The molecule has 1 aromatic carbocycles. The zero-order valence-electron chi connectivity index (χ0n) is 8.71. The number of carbonyl (C=O) groups excluding carboxylic acids is 1. The van der Waals surface area contributed by atoms with E-state index in [0.29, 0.717) is 4.47 Å². The van der Waals surface area contributed by atoms with E-state index in [0.717, 1.165) is 0 Å². The summed E-state index contributed by atoms with van der Waals surface area (Å²) in [6.45, 7) is 1.84. The van der Waals surface area contributed by atoms with Gasteiger partial charge in [0.15, 0.2) is 0 Å². The maximum Gasteiger partial charge on any atom is 0.248 e. The van der Waals surface area contributed by atoms with Crippen molar-refractivity contribution in [3.8, 4) is 0 Å². The molecule has 16 heavy (non-hydrogen) atoms. The van der Waals surface area contributed by atoms with Crippen molar-refractivity contribution in [2.75, 3.05) is 5.32 Å². The van der Waals surface area contributed by atoms with Crippen molar-refractivity contribution in [1.82, 2.24) is 0 Å². The van der Waals surface area contributed by atoms with Crippen molar-refractivity contribution in [3.05, 3.63) is 52.8 Å². The lowest BCUT2D eigenvalue weighted by Gasteiger charge is -2.03. The Morgan fingerprint density at radius 3 is 2.81 bits per heavy atom. The monoisotopic (exact) mass is 283 g/mol. The Bertz CT molecular complexity index is 441. The Balaban J connectivity index is 2.70. The molecule has 0 unspecified atom stereocenters. The number of hydrogen-bond donors (Lipinski definition) is 1. The lowest BCUT2D eigenvalue weighted by Crippen LogP contribution is -2.09. The Morgan fingerprint density at radius 1 is 1.44 bits per heavy atom. The summed E-state index contributed by atoms with van der Waals surface area (Å²) in [5, 5.41) is 2.44. The molecule has 0 aliphatic rings. The number of benzene rings is 1. The highest BCUT2D eigenvalue weighted by Crippen LogP contribution is 2.19. The van der Waals surface area contributed by atoms with Gasteiger partial charge in [0.25, 0.3) is 0 Å². The number of hydrogen-bond acceptors (Lipinski definition) is 1. The number of carbonyl (C=O) groups is 1. The maximum absolute atomic E-state index is 13.3. The molecule has 0 spiro atoms. The summed E-state index contributed by atoms with van der Waals surface area (Å²) < 4.78 is 13.9. The van der Waals surface area contributed by atoms with Gasteiger partial charge in [-0.25, -0.2) is 4.39 Å². The summed E-state index contributed by atoms with van der Waals surface area (Å²) in [5.74, 6) is -0.832. The van der Waals surface area contributed by atoms with E-state index in [1.54, 1.807) is 24.3 Å². The first-order chi connectivity index (χ1) is 7.63. The molecular weight excluding hydrogens is 273 g/mol. The Kier molecular flexibility index (Phi) is 4.92. The van der Waals surface area contributed by atoms with Crippen LogP contribution in [-0.2, 0) is 4.79 Å². The van der Waals surface area contributed by atoms with Crippen molar-refractivity contribution in [1.29, 1.82) is 0 Å². The van der Waals surface area contributed by atoms with Crippen molar-refractivity contribution >= 4 is 27.5 Å². The molecule has 1 aromatic rings. The molecule has 0 radical (unpaired) electrons. The van der Waals surface area contributed by atoms with Gasteiger partial charge in [-0.05, 0) is 25.1 Å². The van der Waals surface area contributed by atoms with Crippen LogP contribution in [0.1, 0.15) is 6.92 Å². The van der Waals surface area contributed by atoms with Gasteiger partial charge < -0.3 is 5.32 Å². The van der Waals surface area contributed by atoms with Gasteiger partial charge >= 0.3 is 0 Å². The number of amides is 1.